The maximum atomic E-state index is 7.67. The molecule has 0 saturated heterocycles. The zero-order chi connectivity index (χ0) is 11.0. The van der Waals surface area contributed by atoms with Gasteiger partial charge in [0.15, 0.2) is 0 Å². The van der Waals surface area contributed by atoms with Crippen LogP contribution in [0.15, 0.2) is 18.5 Å². The van der Waals surface area contributed by atoms with Crippen LogP contribution in [0.25, 0.3) is 11.0 Å². The monoisotopic (exact) mass is 203 g/mol. The van der Waals surface area contributed by atoms with Crippen LogP contribution in [0.2, 0.25) is 0 Å². The minimum absolute atomic E-state index is 0.436. The Balaban J connectivity index is 2.89. The zero-order valence-electron chi connectivity index (χ0n) is 9.02. The molecule has 0 aliphatic carbocycles. The van der Waals surface area contributed by atoms with E-state index in [1.54, 1.807) is 10.6 Å². The van der Waals surface area contributed by atoms with E-state index in [9.17, 15) is 0 Å². The number of anilines is 1. The van der Waals surface area contributed by atoms with E-state index in [1.165, 1.54) is 6.33 Å². The first-order valence-electron chi connectivity index (χ1n) is 4.64. The lowest BCUT2D eigenvalue weighted by Crippen LogP contribution is -2.18. The summed E-state index contributed by atoms with van der Waals surface area (Å²) in [6.45, 7) is 0. The Morgan fingerprint density at radius 3 is 2.67 bits per heavy atom. The Kier molecular flexibility index (Phi) is 2.15. The van der Waals surface area contributed by atoms with Crippen LogP contribution in [0, 0.1) is 5.41 Å². The third-order valence-electron chi connectivity index (χ3n) is 2.35. The van der Waals surface area contributed by atoms with Gasteiger partial charge in [0.25, 0.3) is 0 Å². The molecule has 0 radical (unpaired) electrons. The topological polar surface area (TPSA) is 57.8 Å². The van der Waals surface area contributed by atoms with Gasteiger partial charge in [-0.2, -0.15) is 0 Å². The van der Waals surface area contributed by atoms with E-state index in [4.69, 9.17) is 5.41 Å². The predicted octanol–water partition coefficient (Wildman–Crippen LogP) is 0.514. The molecule has 0 amide bonds. The third-order valence-corrected chi connectivity index (χ3v) is 2.35. The number of pyridine rings is 1. The minimum atomic E-state index is 0.436. The molecule has 2 aromatic heterocycles. The Morgan fingerprint density at radius 2 is 2.00 bits per heavy atom. The molecule has 1 N–H and O–H groups in total. The third kappa shape index (κ3) is 1.45. The summed E-state index contributed by atoms with van der Waals surface area (Å²) in [4.78, 5) is 10.3. The van der Waals surface area contributed by atoms with Crippen molar-refractivity contribution in [3.63, 3.8) is 0 Å². The Bertz CT molecular complexity index is 555. The quantitative estimate of drug-likeness (QED) is 0.734. The normalized spacial score (nSPS) is 10.6. The highest BCUT2D eigenvalue weighted by molar-refractivity contribution is 5.86. The van der Waals surface area contributed by atoms with Crippen molar-refractivity contribution >= 4 is 16.9 Å². The van der Waals surface area contributed by atoms with Crippen LogP contribution in [0.5, 0.6) is 0 Å². The minimum Gasteiger partial charge on any atom is -0.362 e. The maximum absolute atomic E-state index is 7.67. The van der Waals surface area contributed by atoms with Crippen molar-refractivity contribution in [3.8, 4) is 0 Å². The van der Waals surface area contributed by atoms with E-state index in [-0.39, 0.29) is 0 Å². The van der Waals surface area contributed by atoms with Gasteiger partial charge in [-0.3, -0.25) is 5.41 Å². The summed E-state index contributed by atoms with van der Waals surface area (Å²) in [5.74, 6) is 0.871. The number of hydrogen-bond donors (Lipinski definition) is 1. The SMILES string of the molecule is CN(C)c1ncnc2c1ccc(=N)n2C. The first-order valence-corrected chi connectivity index (χ1v) is 4.64. The largest absolute Gasteiger partial charge is 0.362 e. The molecule has 0 atom stereocenters. The lowest BCUT2D eigenvalue weighted by atomic mass is 10.3. The lowest BCUT2D eigenvalue weighted by Gasteiger charge is -2.14. The predicted molar refractivity (Wildman–Crippen MR) is 58.7 cm³/mol. The average Bonchev–Trinajstić information content (AvgIpc) is 2.23. The summed E-state index contributed by atoms with van der Waals surface area (Å²) in [6.07, 6.45) is 1.52. The highest BCUT2D eigenvalue weighted by Crippen LogP contribution is 2.18. The molecule has 5 nitrogen and oxygen atoms in total. The summed E-state index contributed by atoms with van der Waals surface area (Å²) in [7, 11) is 5.71. The van der Waals surface area contributed by atoms with E-state index in [0.29, 0.717) is 5.49 Å². The zero-order valence-corrected chi connectivity index (χ0v) is 9.02. The highest BCUT2D eigenvalue weighted by atomic mass is 15.2. The van der Waals surface area contributed by atoms with Crippen LogP contribution in [0.3, 0.4) is 0 Å². The fraction of sp³-hybridized carbons (Fsp3) is 0.300. The molecule has 78 valence electrons. The van der Waals surface area contributed by atoms with Gasteiger partial charge >= 0.3 is 0 Å². The molecule has 0 aliphatic heterocycles. The van der Waals surface area contributed by atoms with Gasteiger partial charge in [-0.15, -0.1) is 0 Å². The molecule has 0 bridgehead atoms. The maximum Gasteiger partial charge on any atom is 0.146 e. The van der Waals surface area contributed by atoms with E-state index in [0.717, 1.165) is 16.9 Å². The standard InChI is InChI=1S/C10H13N5/c1-14(2)9-7-4-5-8(11)15(3)10(7)13-6-12-9/h4-6,11H,1-3H3. The second-order valence-corrected chi connectivity index (χ2v) is 3.61. The molecule has 2 rings (SSSR count). The molecule has 0 aliphatic rings. The van der Waals surface area contributed by atoms with Crippen LogP contribution in [-0.4, -0.2) is 28.6 Å². The Labute approximate surface area is 87.5 Å². The van der Waals surface area contributed by atoms with E-state index < -0.39 is 0 Å². The van der Waals surface area contributed by atoms with Gasteiger partial charge in [0.05, 0.1) is 5.39 Å². The molecule has 0 saturated carbocycles. The van der Waals surface area contributed by atoms with Crippen LogP contribution >= 0.6 is 0 Å². The van der Waals surface area contributed by atoms with Gasteiger partial charge < -0.3 is 9.47 Å². The van der Waals surface area contributed by atoms with Gasteiger partial charge in [0, 0.05) is 21.1 Å². The van der Waals surface area contributed by atoms with E-state index in [1.807, 2.05) is 32.1 Å². The molecule has 2 aromatic rings. The lowest BCUT2D eigenvalue weighted by molar-refractivity contribution is 0.838. The Morgan fingerprint density at radius 1 is 1.27 bits per heavy atom. The number of fused-ring (bicyclic) bond motifs is 1. The number of aryl methyl sites for hydroxylation is 1. The summed E-state index contributed by atoms with van der Waals surface area (Å²) in [5.41, 5.74) is 1.21. The summed E-state index contributed by atoms with van der Waals surface area (Å²) in [6, 6.07) is 3.63. The summed E-state index contributed by atoms with van der Waals surface area (Å²) >= 11 is 0. The number of aromatic nitrogens is 3. The van der Waals surface area contributed by atoms with Crippen molar-refractivity contribution < 1.29 is 0 Å². The molecule has 15 heavy (non-hydrogen) atoms. The fourth-order valence-corrected chi connectivity index (χ4v) is 1.54. The summed E-state index contributed by atoms with van der Waals surface area (Å²) in [5, 5.41) is 8.63. The van der Waals surface area contributed by atoms with Gasteiger partial charge in [-0.1, -0.05) is 0 Å². The molecule has 5 heteroatoms. The molecule has 2 heterocycles. The molecule has 0 aromatic carbocycles. The van der Waals surface area contributed by atoms with Crippen molar-refractivity contribution in [2.45, 2.75) is 0 Å². The van der Waals surface area contributed by atoms with Crippen molar-refractivity contribution in [1.29, 1.82) is 5.41 Å². The van der Waals surface area contributed by atoms with Crippen LogP contribution in [0.1, 0.15) is 0 Å². The summed E-state index contributed by atoms with van der Waals surface area (Å²) < 4.78 is 1.74. The first kappa shape index (κ1) is 9.64. The number of nitrogens with zero attached hydrogens (tertiary/aromatic N) is 4. The highest BCUT2D eigenvalue weighted by Gasteiger charge is 2.06. The van der Waals surface area contributed by atoms with Crippen LogP contribution < -0.4 is 10.4 Å². The van der Waals surface area contributed by atoms with Gasteiger partial charge in [0.2, 0.25) is 0 Å². The van der Waals surface area contributed by atoms with Crippen molar-refractivity contribution in [2.24, 2.45) is 7.05 Å². The molecule has 0 fully saturated rings. The first-order chi connectivity index (χ1) is 7.11. The molecule has 0 unspecified atom stereocenters. The van der Waals surface area contributed by atoms with E-state index >= 15 is 0 Å². The van der Waals surface area contributed by atoms with Crippen molar-refractivity contribution in [2.75, 3.05) is 19.0 Å². The number of rotatable bonds is 1. The number of hydrogen-bond acceptors (Lipinski definition) is 4. The molecule has 0 spiro atoms. The second kappa shape index (κ2) is 3.34. The Hall–Kier alpha value is -1.91. The number of nitrogens with one attached hydrogen (secondary N) is 1. The average molecular weight is 203 g/mol. The van der Waals surface area contributed by atoms with Crippen molar-refractivity contribution in [1.82, 2.24) is 14.5 Å². The van der Waals surface area contributed by atoms with Crippen LogP contribution in [0.4, 0.5) is 5.82 Å². The van der Waals surface area contributed by atoms with E-state index in [2.05, 4.69) is 9.97 Å². The fourth-order valence-electron chi connectivity index (χ4n) is 1.54. The van der Waals surface area contributed by atoms with Gasteiger partial charge in [-0.05, 0) is 12.1 Å². The van der Waals surface area contributed by atoms with Gasteiger partial charge in [0.1, 0.15) is 23.3 Å². The molecular formula is C10H13N5. The van der Waals surface area contributed by atoms with Crippen molar-refractivity contribution in [3.05, 3.63) is 23.9 Å². The second-order valence-electron chi connectivity index (χ2n) is 3.61. The van der Waals surface area contributed by atoms with Gasteiger partial charge in [-0.25, -0.2) is 9.97 Å². The molecular weight excluding hydrogens is 190 g/mol. The smallest absolute Gasteiger partial charge is 0.146 e. The van der Waals surface area contributed by atoms with Crippen LogP contribution in [-0.2, 0) is 7.05 Å².